The van der Waals surface area contributed by atoms with Crippen molar-refractivity contribution in [1.82, 2.24) is 5.32 Å². The van der Waals surface area contributed by atoms with Crippen molar-refractivity contribution in [2.24, 2.45) is 5.92 Å². The second-order valence-corrected chi connectivity index (χ2v) is 5.02. The Hall–Kier alpha value is -1.28. The third-order valence-electron chi connectivity index (χ3n) is 2.58. The zero-order valence-corrected chi connectivity index (χ0v) is 11.9. The zero-order chi connectivity index (χ0) is 13.4. The minimum absolute atomic E-state index is 0.176. The lowest BCUT2D eigenvalue weighted by Gasteiger charge is -2.17. The van der Waals surface area contributed by atoms with E-state index < -0.39 is 0 Å². The number of rotatable bonds is 7. The van der Waals surface area contributed by atoms with Crippen LogP contribution in [0, 0.1) is 5.92 Å². The van der Waals surface area contributed by atoms with Gasteiger partial charge in [-0.1, -0.05) is 44.2 Å². The monoisotopic (exact) mass is 247 g/mol. The highest BCUT2D eigenvalue weighted by Crippen LogP contribution is 2.20. The number of hydrogen-bond acceptors (Lipinski definition) is 2. The number of para-hydroxylation sites is 1. The molecule has 1 aromatic rings. The lowest BCUT2D eigenvalue weighted by atomic mass is 10.2. The van der Waals surface area contributed by atoms with Gasteiger partial charge in [0.15, 0.2) is 0 Å². The summed E-state index contributed by atoms with van der Waals surface area (Å²) in [5, 5.41) is 3.41. The molecule has 0 aliphatic rings. The minimum Gasteiger partial charge on any atom is -0.489 e. The molecule has 0 aliphatic carbocycles. The Morgan fingerprint density at radius 1 is 1.17 bits per heavy atom. The maximum atomic E-state index is 5.97. The van der Waals surface area contributed by atoms with Crippen LogP contribution in [0.4, 0.5) is 0 Å². The van der Waals surface area contributed by atoms with Crippen molar-refractivity contribution in [1.29, 1.82) is 0 Å². The van der Waals surface area contributed by atoms with Gasteiger partial charge >= 0.3 is 0 Å². The smallest absolute Gasteiger partial charge is 0.126 e. The van der Waals surface area contributed by atoms with Crippen molar-refractivity contribution in [2.45, 2.75) is 33.8 Å². The van der Waals surface area contributed by atoms with Crippen LogP contribution in [-0.2, 0) is 0 Å². The van der Waals surface area contributed by atoms with E-state index in [1.54, 1.807) is 0 Å². The molecule has 0 amide bonds. The summed E-state index contributed by atoms with van der Waals surface area (Å²) in [5.74, 6) is 1.63. The van der Waals surface area contributed by atoms with Crippen LogP contribution < -0.4 is 10.1 Å². The summed E-state index contributed by atoms with van der Waals surface area (Å²) >= 11 is 0. The van der Waals surface area contributed by atoms with Crippen LogP contribution in [0.15, 0.2) is 30.3 Å². The van der Waals surface area contributed by atoms with E-state index in [4.69, 9.17) is 4.74 Å². The fourth-order valence-electron chi connectivity index (χ4n) is 1.74. The van der Waals surface area contributed by atoms with Gasteiger partial charge in [-0.15, -0.1) is 0 Å². The third kappa shape index (κ3) is 5.37. The van der Waals surface area contributed by atoms with Crippen molar-refractivity contribution in [3.63, 3.8) is 0 Å². The first kappa shape index (κ1) is 14.8. The topological polar surface area (TPSA) is 21.3 Å². The number of ether oxygens (including phenoxy) is 1. The maximum absolute atomic E-state index is 5.97. The van der Waals surface area contributed by atoms with E-state index in [1.807, 2.05) is 31.2 Å². The van der Waals surface area contributed by atoms with Gasteiger partial charge in [-0.2, -0.15) is 0 Å². The maximum Gasteiger partial charge on any atom is 0.126 e. The summed E-state index contributed by atoms with van der Waals surface area (Å²) in [7, 11) is 0. The van der Waals surface area contributed by atoms with Crippen LogP contribution in [0.3, 0.4) is 0 Å². The third-order valence-corrected chi connectivity index (χ3v) is 2.58. The number of hydrogen-bond donors (Lipinski definition) is 1. The van der Waals surface area contributed by atoms with Gasteiger partial charge in [0, 0.05) is 12.1 Å². The lowest BCUT2D eigenvalue weighted by Crippen LogP contribution is -2.31. The fraction of sp³-hybridized carbons (Fsp3) is 0.500. The van der Waals surface area contributed by atoms with Crippen molar-refractivity contribution < 1.29 is 4.74 Å². The molecule has 1 unspecified atom stereocenters. The Balaban J connectivity index is 2.50. The van der Waals surface area contributed by atoms with Gasteiger partial charge in [0.2, 0.25) is 0 Å². The highest BCUT2D eigenvalue weighted by Gasteiger charge is 2.06. The van der Waals surface area contributed by atoms with Gasteiger partial charge in [-0.3, -0.25) is 0 Å². The highest BCUT2D eigenvalue weighted by atomic mass is 16.5. The molecule has 0 heterocycles. The van der Waals surface area contributed by atoms with E-state index in [0.717, 1.165) is 24.4 Å². The summed E-state index contributed by atoms with van der Waals surface area (Å²) in [5.41, 5.74) is 1.13. The Morgan fingerprint density at radius 3 is 2.56 bits per heavy atom. The molecule has 100 valence electrons. The summed E-state index contributed by atoms with van der Waals surface area (Å²) in [4.78, 5) is 0. The fourth-order valence-corrected chi connectivity index (χ4v) is 1.74. The first-order chi connectivity index (χ1) is 8.63. The van der Waals surface area contributed by atoms with Crippen LogP contribution in [-0.4, -0.2) is 19.2 Å². The molecule has 2 nitrogen and oxygen atoms in total. The normalized spacial score (nSPS) is 13.2. The summed E-state index contributed by atoms with van der Waals surface area (Å²) < 4.78 is 5.97. The zero-order valence-electron chi connectivity index (χ0n) is 11.9. The van der Waals surface area contributed by atoms with Gasteiger partial charge < -0.3 is 10.1 Å². The van der Waals surface area contributed by atoms with E-state index in [-0.39, 0.29) is 6.10 Å². The number of allylic oxidation sites excluding steroid dienone is 1. The molecule has 0 spiro atoms. The average Bonchev–Trinajstić information content (AvgIpc) is 2.31. The van der Waals surface area contributed by atoms with E-state index >= 15 is 0 Å². The highest BCUT2D eigenvalue weighted by molar-refractivity contribution is 5.56. The van der Waals surface area contributed by atoms with E-state index in [2.05, 4.69) is 38.2 Å². The first-order valence-electron chi connectivity index (χ1n) is 6.72. The van der Waals surface area contributed by atoms with Crippen molar-refractivity contribution in [3.05, 3.63) is 35.9 Å². The molecule has 1 atom stereocenters. The lowest BCUT2D eigenvalue weighted by molar-refractivity contribution is 0.215. The molecular formula is C16H25NO. The predicted molar refractivity (Wildman–Crippen MR) is 78.9 cm³/mol. The van der Waals surface area contributed by atoms with E-state index in [1.165, 1.54) is 0 Å². The van der Waals surface area contributed by atoms with Crippen molar-refractivity contribution in [3.8, 4) is 5.75 Å². The number of nitrogens with one attached hydrogen (secondary N) is 1. The van der Waals surface area contributed by atoms with E-state index in [0.29, 0.717) is 5.92 Å². The SMILES string of the molecule is C/C=C/c1ccccc1OC(C)CNCC(C)C. The standard InChI is InChI=1S/C16H25NO/c1-5-8-15-9-6-7-10-16(15)18-14(4)12-17-11-13(2)3/h5-10,13-14,17H,11-12H2,1-4H3/b8-5+. The molecule has 0 radical (unpaired) electrons. The van der Waals surface area contributed by atoms with Gasteiger partial charge in [0.1, 0.15) is 11.9 Å². The molecule has 1 rings (SSSR count). The Kier molecular flexibility index (Phi) is 6.51. The molecule has 0 aromatic heterocycles. The van der Waals surface area contributed by atoms with Crippen LogP contribution >= 0.6 is 0 Å². The molecule has 0 fully saturated rings. The molecule has 18 heavy (non-hydrogen) atoms. The second-order valence-electron chi connectivity index (χ2n) is 5.02. The molecule has 1 aromatic carbocycles. The van der Waals surface area contributed by atoms with Crippen molar-refractivity contribution in [2.75, 3.05) is 13.1 Å². The quantitative estimate of drug-likeness (QED) is 0.792. The Bertz CT molecular complexity index is 371. The summed E-state index contributed by atoms with van der Waals surface area (Å²) in [6, 6.07) is 8.14. The molecule has 0 saturated carbocycles. The molecule has 0 saturated heterocycles. The Labute approximate surface area is 111 Å². The van der Waals surface area contributed by atoms with Crippen LogP contribution in [0.5, 0.6) is 5.75 Å². The largest absolute Gasteiger partial charge is 0.489 e. The van der Waals surface area contributed by atoms with Crippen LogP contribution in [0.2, 0.25) is 0 Å². The molecule has 0 bridgehead atoms. The summed E-state index contributed by atoms with van der Waals surface area (Å²) in [6.07, 6.45) is 4.28. The predicted octanol–water partition coefficient (Wildman–Crippen LogP) is 3.73. The van der Waals surface area contributed by atoms with Gasteiger partial charge in [0.25, 0.3) is 0 Å². The molecular weight excluding hydrogens is 222 g/mol. The van der Waals surface area contributed by atoms with Crippen LogP contribution in [0.25, 0.3) is 6.08 Å². The van der Waals surface area contributed by atoms with Gasteiger partial charge in [0.05, 0.1) is 0 Å². The second kappa shape index (κ2) is 7.93. The molecule has 1 N–H and O–H groups in total. The summed E-state index contributed by atoms with van der Waals surface area (Å²) in [6.45, 7) is 10.4. The van der Waals surface area contributed by atoms with Crippen LogP contribution in [0.1, 0.15) is 33.3 Å². The first-order valence-corrected chi connectivity index (χ1v) is 6.72. The molecule has 2 heteroatoms. The Morgan fingerprint density at radius 2 is 1.89 bits per heavy atom. The van der Waals surface area contributed by atoms with Crippen molar-refractivity contribution >= 4 is 6.08 Å². The average molecular weight is 247 g/mol. The van der Waals surface area contributed by atoms with Gasteiger partial charge in [-0.25, -0.2) is 0 Å². The molecule has 0 aliphatic heterocycles. The minimum atomic E-state index is 0.176. The van der Waals surface area contributed by atoms with E-state index in [9.17, 15) is 0 Å². The van der Waals surface area contributed by atoms with Gasteiger partial charge in [-0.05, 0) is 32.4 Å². The number of benzene rings is 1.